The number of hydrogen-bond acceptors (Lipinski definition) is 3. The molecule has 0 saturated carbocycles. The van der Waals surface area contributed by atoms with E-state index in [0.29, 0.717) is 0 Å². The summed E-state index contributed by atoms with van der Waals surface area (Å²) in [7, 11) is 1.67. The van der Waals surface area contributed by atoms with Crippen LogP contribution in [0.3, 0.4) is 0 Å². The average Bonchev–Trinajstić information content (AvgIpc) is 2.14. The number of nitrogens with two attached hydrogens (primary N) is 1. The lowest BCUT2D eigenvalue weighted by Crippen LogP contribution is -2.35. The van der Waals surface area contributed by atoms with Crippen molar-refractivity contribution in [2.75, 3.05) is 12.8 Å². The van der Waals surface area contributed by atoms with Crippen molar-refractivity contribution in [1.82, 2.24) is 5.32 Å². The lowest BCUT2D eigenvalue weighted by atomic mass is 10.1. The fourth-order valence-electron chi connectivity index (χ4n) is 1.30. The zero-order valence-electron chi connectivity index (χ0n) is 9.92. The van der Waals surface area contributed by atoms with Gasteiger partial charge in [0.1, 0.15) is 5.75 Å². The summed E-state index contributed by atoms with van der Waals surface area (Å²) in [5, 5.41) is 3.40. The zero-order chi connectivity index (χ0) is 11.5. The minimum Gasteiger partial charge on any atom is -0.496 e. The number of hydrogen-bond donors (Lipinski definition) is 2. The summed E-state index contributed by atoms with van der Waals surface area (Å²) in [5.74, 6) is 0.876. The van der Waals surface area contributed by atoms with Crippen molar-refractivity contribution in [3.8, 4) is 5.75 Å². The Kier molecular flexibility index (Phi) is 3.58. The van der Waals surface area contributed by atoms with Gasteiger partial charge in [0.05, 0.1) is 7.11 Å². The van der Waals surface area contributed by atoms with Crippen LogP contribution in [0.1, 0.15) is 26.3 Å². The molecule has 0 saturated heterocycles. The van der Waals surface area contributed by atoms with Crippen LogP contribution in [0.2, 0.25) is 0 Å². The summed E-state index contributed by atoms with van der Waals surface area (Å²) in [6, 6.07) is 5.69. The topological polar surface area (TPSA) is 47.3 Å². The minimum absolute atomic E-state index is 0.0929. The quantitative estimate of drug-likeness (QED) is 0.748. The second kappa shape index (κ2) is 4.53. The van der Waals surface area contributed by atoms with Crippen molar-refractivity contribution < 1.29 is 4.74 Å². The number of nitrogens with one attached hydrogen (secondary N) is 1. The standard InChI is InChI=1S/C12H20N2O/c1-12(2,3)14-8-9-7-10(13)5-6-11(9)15-4/h5-7,14H,8,13H2,1-4H3. The maximum Gasteiger partial charge on any atom is 0.123 e. The first-order valence-corrected chi connectivity index (χ1v) is 5.10. The molecule has 0 atom stereocenters. The number of methoxy groups -OCH3 is 1. The molecule has 1 aromatic carbocycles. The Labute approximate surface area is 91.6 Å². The van der Waals surface area contributed by atoms with Gasteiger partial charge in [-0.25, -0.2) is 0 Å². The molecule has 3 nitrogen and oxygen atoms in total. The molecule has 0 heterocycles. The maximum absolute atomic E-state index is 5.74. The lowest BCUT2D eigenvalue weighted by molar-refractivity contribution is 0.392. The van der Waals surface area contributed by atoms with E-state index in [1.807, 2.05) is 18.2 Å². The Morgan fingerprint density at radius 3 is 2.53 bits per heavy atom. The van der Waals surface area contributed by atoms with Gasteiger partial charge in [0.15, 0.2) is 0 Å². The van der Waals surface area contributed by atoms with Crippen molar-refractivity contribution in [3.05, 3.63) is 23.8 Å². The Hall–Kier alpha value is -1.22. The van der Waals surface area contributed by atoms with E-state index in [-0.39, 0.29) is 5.54 Å². The van der Waals surface area contributed by atoms with E-state index in [1.54, 1.807) is 7.11 Å². The Morgan fingerprint density at radius 1 is 1.33 bits per heavy atom. The van der Waals surface area contributed by atoms with Gasteiger partial charge in [0.2, 0.25) is 0 Å². The van der Waals surface area contributed by atoms with Gasteiger partial charge >= 0.3 is 0 Å². The van der Waals surface area contributed by atoms with E-state index in [2.05, 4.69) is 26.1 Å². The monoisotopic (exact) mass is 208 g/mol. The van der Waals surface area contributed by atoms with E-state index in [0.717, 1.165) is 23.5 Å². The highest BCUT2D eigenvalue weighted by molar-refractivity contribution is 5.47. The molecule has 15 heavy (non-hydrogen) atoms. The highest BCUT2D eigenvalue weighted by Crippen LogP contribution is 2.21. The van der Waals surface area contributed by atoms with Crippen molar-refractivity contribution in [1.29, 1.82) is 0 Å². The molecule has 1 rings (SSSR count). The van der Waals surface area contributed by atoms with Gasteiger partial charge in [-0.15, -0.1) is 0 Å². The van der Waals surface area contributed by atoms with Crippen molar-refractivity contribution in [2.45, 2.75) is 32.9 Å². The number of anilines is 1. The third-order valence-electron chi connectivity index (χ3n) is 2.11. The zero-order valence-corrected chi connectivity index (χ0v) is 9.92. The first-order chi connectivity index (χ1) is 6.92. The normalized spacial score (nSPS) is 11.5. The van der Waals surface area contributed by atoms with Crippen LogP contribution in [-0.4, -0.2) is 12.6 Å². The molecular formula is C12H20N2O. The van der Waals surface area contributed by atoms with Gasteiger partial charge in [-0.1, -0.05) is 0 Å². The summed E-state index contributed by atoms with van der Waals surface area (Å²) in [6.07, 6.45) is 0. The molecule has 84 valence electrons. The molecule has 0 fully saturated rings. The first-order valence-electron chi connectivity index (χ1n) is 5.10. The molecule has 3 heteroatoms. The molecule has 0 aliphatic heterocycles. The SMILES string of the molecule is COc1ccc(N)cc1CNC(C)(C)C. The molecule has 0 aliphatic rings. The summed E-state index contributed by atoms with van der Waals surface area (Å²) < 4.78 is 5.27. The molecule has 0 bridgehead atoms. The molecule has 0 unspecified atom stereocenters. The van der Waals surface area contributed by atoms with Crippen LogP contribution in [0.5, 0.6) is 5.75 Å². The molecular weight excluding hydrogens is 188 g/mol. The van der Waals surface area contributed by atoms with Gasteiger partial charge in [0, 0.05) is 23.3 Å². The Bertz CT molecular complexity index is 329. The largest absolute Gasteiger partial charge is 0.496 e. The van der Waals surface area contributed by atoms with Crippen LogP contribution in [0.4, 0.5) is 5.69 Å². The molecule has 0 aromatic heterocycles. The van der Waals surface area contributed by atoms with Gasteiger partial charge < -0.3 is 15.8 Å². The second-order valence-corrected chi connectivity index (χ2v) is 4.67. The number of rotatable bonds is 3. The van der Waals surface area contributed by atoms with Gasteiger partial charge in [0.25, 0.3) is 0 Å². The fraction of sp³-hybridized carbons (Fsp3) is 0.500. The van der Waals surface area contributed by atoms with E-state index < -0.39 is 0 Å². The molecule has 0 amide bonds. The van der Waals surface area contributed by atoms with Gasteiger partial charge in [-0.2, -0.15) is 0 Å². The van der Waals surface area contributed by atoms with E-state index in [1.165, 1.54) is 0 Å². The first kappa shape index (κ1) is 11.9. The average molecular weight is 208 g/mol. The van der Waals surface area contributed by atoms with Crippen LogP contribution in [0, 0.1) is 0 Å². The highest BCUT2D eigenvalue weighted by atomic mass is 16.5. The molecule has 0 spiro atoms. The Morgan fingerprint density at radius 2 is 2.00 bits per heavy atom. The maximum atomic E-state index is 5.74. The number of ether oxygens (including phenoxy) is 1. The summed E-state index contributed by atoms with van der Waals surface area (Å²) in [5.41, 5.74) is 7.69. The van der Waals surface area contributed by atoms with E-state index in [4.69, 9.17) is 10.5 Å². The van der Waals surface area contributed by atoms with E-state index >= 15 is 0 Å². The third kappa shape index (κ3) is 3.80. The van der Waals surface area contributed by atoms with Gasteiger partial charge in [-0.3, -0.25) is 0 Å². The molecule has 0 aliphatic carbocycles. The van der Waals surface area contributed by atoms with Crippen LogP contribution in [0.15, 0.2) is 18.2 Å². The summed E-state index contributed by atoms with van der Waals surface area (Å²) in [6.45, 7) is 7.15. The fourth-order valence-corrected chi connectivity index (χ4v) is 1.30. The van der Waals surface area contributed by atoms with E-state index in [9.17, 15) is 0 Å². The molecule has 0 radical (unpaired) electrons. The van der Waals surface area contributed by atoms with Gasteiger partial charge in [-0.05, 0) is 39.0 Å². The van der Waals surface area contributed by atoms with Crippen molar-refractivity contribution in [3.63, 3.8) is 0 Å². The van der Waals surface area contributed by atoms with Crippen LogP contribution in [-0.2, 0) is 6.54 Å². The third-order valence-corrected chi connectivity index (χ3v) is 2.11. The van der Waals surface area contributed by atoms with Crippen molar-refractivity contribution >= 4 is 5.69 Å². The second-order valence-electron chi connectivity index (χ2n) is 4.67. The summed E-state index contributed by atoms with van der Waals surface area (Å²) in [4.78, 5) is 0. The lowest BCUT2D eigenvalue weighted by Gasteiger charge is -2.21. The Balaban J connectivity index is 2.79. The summed E-state index contributed by atoms with van der Waals surface area (Å²) >= 11 is 0. The highest BCUT2D eigenvalue weighted by Gasteiger charge is 2.10. The number of nitrogen functional groups attached to an aromatic ring is 1. The predicted molar refractivity (Wildman–Crippen MR) is 64.0 cm³/mol. The molecule has 3 N–H and O–H groups in total. The smallest absolute Gasteiger partial charge is 0.123 e. The predicted octanol–water partition coefficient (Wildman–Crippen LogP) is 2.17. The van der Waals surface area contributed by atoms with Crippen molar-refractivity contribution in [2.24, 2.45) is 0 Å². The number of benzene rings is 1. The van der Waals surface area contributed by atoms with Crippen LogP contribution >= 0.6 is 0 Å². The minimum atomic E-state index is 0.0929. The van der Waals surface area contributed by atoms with Crippen LogP contribution in [0.25, 0.3) is 0 Å². The molecule has 1 aromatic rings. The van der Waals surface area contributed by atoms with Crippen LogP contribution < -0.4 is 15.8 Å².